The third kappa shape index (κ3) is 4.39. The van der Waals surface area contributed by atoms with Crippen LogP contribution < -0.4 is 4.90 Å². The van der Waals surface area contributed by atoms with Crippen LogP contribution in [0.2, 0.25) is 0 Å². The molecule has 2 aliphatic heterocycles. The van der Waals surface area contributed by atoms with Gasteiger partial charge in [0.15, 0.2) is 5.16 Å². The summed E-state index contributed by atoms with van der Waals surface area (Å²) in [5, 5.41) is 0.850. The molecule has 1 aromatic rings. The highest BCUT2D eigenvalue weighted by Gasteiger charge is 2.31. The SMILES string of the molecule is CSc1nccc(N2CCN(CC(C)(C)N3CCOCC3)CC2)n1. The van der Waals surface area contributed by atoms with Crippen LogP contribution in [-0.4, -0.2) is 90.6 Å². The Morgan fingerprint density at radius 1 is 1.12 bits per heavy atom. The standard InChI is InChI=1S/C17H29N5OS/c1-17(2,22-10-12-23-13-11-22)14-20-6-8-21(9-7-20)15-4-5-18-16(19-15)24-3/h4-5H,6-14H2,1-3H3. The Bertz CT molecular complexity index is 527. The van der Waals surface area contributed by atoms with Crippen LogP contribution in [0.25, 0.3) is 0 Å². The maximum absolute atomic E-state index is 5.49. The van der Waals surface area contributed by atoms with E-state index in [4.69, 9.17) is 4.74 Å². The molecule has 0 saturated carbocycles. The minimum Gasteiger partial charge on any atom is -0.379 e. The molecule has 0 N–H and O–H groups in total. The van der Waals surface area contributed by atoms with Crippen LogP contribution in [0.4, 0.5) is 5.82 Å². The highest BCUT2D eigenvalue weighted by atomic mass is 32.2. The monoisotopic (exact) mass is 351 g/mol. The van der Waals surface area contributed by atoms with E-state index in [1.807, 2.05) is 18.5 Å². The van der Waals surface area contributed by atoms with Gasteiger partial charge >= 0.3 is 0 Å². The number of thioether (sulfide) groups is 1. The zero-order valence-electron chi connectivity index (χ0n) is 15.1. The number of ether oxygens (including phenoxy) is 1. The highest BCUT2D eigenvalue weighted by Crippen LogP contribution is 2.21. The minimum absolute atomic E-state index is 0.201. The number of piperazine rings is 1. The van der Waals surface area contributed by atoms with Gasteiger partial charge in [-0.25, -0.2) is 9.97 Å². The summed E-state index contributed by atoms with van der Waals surface area (Å²) < 4.78 is 5.49. The van der Waals surface area contributed by atoms with Crippen LogP contribution in [0.15, 0.2) is 17.4 Å². The van der Waals surface area contributed by atoms with Crippen LogP contribution in [0, 0.1) is 0 Å². The summed E-state index contributed by atoms with van der Waals surface area (Å²) in [6, 6.07) is 2.02. The van der Waals surface area contributed by atoms with Crippen molar-refractivity contribution in [1.29, 1.82) is 0 Å². The van der Waals surface area contributed by atoms with Crippen LogP contribution >= 0.6 is 11.8 Å². The van der Waals surface area contributed by atoms with E-state index in [9.17, 15) is 0 Å². The number of hydrogen-bond acceptors (Lipinski definition) is 7. The van der Waals surface area contributed by atoms with E-state index in [2.05, 4.69) is 38.5 Å². The minimum atomic E-state index is 0.201. The van der Waals surface area contributed by atoms with Crippen molar-refractivity contribution in [1.82, 2.24) is 19.8 Å². The molecule has 0 amide bonds. The molecule has 0 aromatic carbocycles. The molecule has 24 heavy (non-hydrogen) atoms. The van der Waals surface area contributed by atoms with Gasteiger partial charge < -0.3 is 9.64 Å². The van der Waals surface area contributed by atoms with Crippen molar-refractivity contribution in [2.24, 2.45) is 0 Å². The summed E-state index contributed by atoms with van der Waals surface area (Å²) in [6.07, 6.45) is 3.88. The number of aromatic nitrogens is 2. The topological polar surface area (TPSA) is 44.7 Å². The number of rotatable bonds is 5. The fraction of sp³-hybridized carbons (Fsp3) is 0.765. The Morgan fingerprint density at radius 3 is 2.50 bits per heavy atom. The molecule has 2 saturated heterocycles. The second-order valence-corrected chi connectivity index (χ2v) is 7.85. The van der Waals surface area contributed by atoms with Gasteiger partial charge in [0, 0.05) is 57.5 Å². The fourth-order valence-corrected chi connectivity index (χ4v) is 3.91. The maximum atomic E-state index is 5.49. The van der Waals surface area contributed by atoms with E-state index in [1.54, 1.807) is 11.8 Å². The van der Waals surface area contributed by atoms with Crippen molar-refractivity contribution in [3.63, 3.8) is 0 Å². The lowest BCUT2D eigenvalue weighted by atomic mass is 10.0. The first-order chi connectivity index (χ1) is 11.6. The van der Waals surface area contributed by atoms with E-state index in [0.717, 1.165) is 70.0 Å². The smallest absolute Gasteiger partial charge is 0.189 e. The molecule has 0 radical (unpaired) electrons. The molecule has 3 heterocycles. The number of hydrogen-bond donors (Lipinski definition) is 0. The van der Waals surface area contributed by atoms with Gasteiger partial charge in [0.2, 0.25) is 0 Å². The molecule has 0 spiro atoms. The Morgan fingerprint density at radius 2 is 1.83 bits per heavy atom. The first kappa shape index (κ1) is 17.9. The average Bonchev–Trinajstić information content (AvgIpc) is 2.63. The molecular formula is C17H29N5OS. The van der Waals surface area contributed by atoms with Crippen molar-refractivity contribution in [3.8, 4) is 0 Å². The second-order valence-electron chi connectivity index (χ2n) is 7.08. The molecule has 1 aromatic heterocycles. The van der Waals surface area contributed by atoms with E-state index >= 15 is 0 Å². The molecule has 6 nitrogen and oxygen atoms in total. The van der Waals surface area contributed by atoms with Gasteiger partial charge in [-0.05, 0) is 26.2 Å². The van der Waals surface area contributed by atoms with E-state index in [0.29, 0.717) is 0 Å². The van der Waals surface area contributed by atoms with Crippen molar-refractivity contribution in [2.75, 3.05) is 70.2 Å². The molecule has 7 heteroatoms. The predicted molar refractivity (Wildman–Crippen MR) is 98.9 cm³/mol. The molecule has 0 bridgehead atoms. The largest absolute Gasteiger partial charge is 0.379 e. The summed E-state index contributed by atoms with van der Waals surface area (Å²) in [5.74, 6) is 1.06. The Kier molecular flexibility index (Phi) is 5.97. The van der Waals surface area contributed by atoms with Crippen LogP contribution in [0.1, 0.15) is 13.8 Å². The van der Waals surface area contributed by atoms with E-state index in [1.165, 1.54) is 0 Å². The quantitative estimate of drug-likeness (QED) is 0.587. The van der Waals surface area contributed by atoms with E-state index < -0.39 is 0 Å². The second kappa shape index (κ2) is 7.99. The maximum Gasteiger partial charge on any atom is 0.189 e. The van der Waals surface area contributed by atoms with Crippen molar-refractivity contribution in [3.05, 3.63) is 12.3 Å². The summed E-state index contributed by atoms with van der Waals surface area (Å²) in [5.41, 5.74) is 0.201. The number of nitrogens with zero attached hydrogens (tertiary/aromatic N) is 5. The number of morpholine rings is 1. The lowest BCUT2D eigenvalue weighted by Gasteiger charge is -2.45. The first-order valence-corrected chi connectivity index (χ1v) is 9.98. The van der Waals surface area contributed by atoms with Gasteiger partial charge in [-0.3, -0.25) is 9.80 Å². The van der Waals surface area contributed by atoms with Crippen LogP contribution in [-0.2, 0) is 4.74 Å². The van der Waals surface area contributed by atoms with Gasteiger partial charge in [0.1, 0.15) is 5.82 Å². The molecule has 3 rings (SSSR count). The molecule has 2 aliphatic rings. The van der Waals surface area contributed by atoms with Gasteiger partial charge in [-0.2, -0.15) is 0 Å². The van der Waals surface area contributed by atoms with Crippen molar-refractivity contribution >= 4 is 17.6 Å². The fourth-order valence-electron chi connectivity index (χ4n) is 3.56. The summed E-state index contributed by atoms with van der Waals surface area (Å²) in [7, 11) is 0. The Hall–Kier alpha value is -0.890. The third-order valence-electron chi connectivity index (χ3n) is 4.98. The molecule has 0 aliphatic carbocycles. The van der Waals surface area contributed by atoms with Gasteiger partial charge in [0.05, 0.1) is 13.2 Å². The first-order valence-electron chi connectivity index (χ1n) is 8.76. The number of anilines is 1. The summed E-state index contributed by atoms with van der Waals surface area (Å²) in [4.78, 5) is 16.4. The predicted octanol–water partition coefficient (Wildman–Crippen LogP) is 1.43. The van der Waals surface area contributed by atoms with Gasteiger partial charge in [-0.1, -0.05) is 11.8 Å². The highest BCUT2D eigenvalue weighted by molar-refractivity contribution is 7.98. The van der Waals surface area contributed by atoms with Crippen molar-refractivity contribution < 1.29 is 4.74 Å². The zero-order valence-corrected chi connectivity index (χ0v) is 15.9. The zero-order chi connectivity index (χ0) is 17.0. The van der Waals surface area contributed by atoms with E-state index in [-0.39, 0.29) is 5.54 Å². The molecule has 0 unspecified atom stereocenters. The molecular weight excluding hydrogens is 322 g/mol. The van der Waals surface area contributed by atoms with Gasteiger partial charge in [-0.15, -0.1) is 0 Å². The average molecular weight is 352 g/mol. The molecule has 134 valence electrons. The summed E-state index contributed by atoms with van der Waals surface area (Å²) in [6.45, 7) is 13.9. The molecule has 0 atom stereocenters. The Labute approximate surface area is 149 Å². The third-order valence-corrected chi connectivity index (χ3v) is 5.54. The molecule has 2 fully saturated rings. The lowest BCUT2D eigenvalue weighted by Crippen LogP contribution is -2.58. The Balaban J connectivity index is 1.52. The van der Waals surface area contributed by atoms with Crippen molar-refractivity contribution in [2.45, 2.75) is 24.5 Å². The summed E-state index contributed by atoms with van der Waals surface area (Å²) >= 11 is 1.60. The van der Waals surface area contributed by atoms with Gasteiger partial charge in [0.25, 0.3) is 0 Å². The normalized spacial score (nSPS) is 21.2. The van der Waals surface area contributed by atoms with Crippen LogP contribution in [0.3, 0.4) is 0 Å². The lowest BCUT2D eigenvalue weighted by molar-refractivity contribution is -0.0221. The van der Waals surface area contributed by atoms with Crippen LogP contribution in [0.5, 0.6) is 0 Å².